The van der Waals surface area contributed by atoms with Gasteiger partial charge in [-0.3, -0.25) is 4.90 Å². The third-order valence-electron chi connectivity index (χ3n) is 4.77. The summed E-state index contributed by atoms with van der Waals surface area (Å²) in [5.41, 5.74) is 2.99. The number of phenolic OH excluding ortho intramolecular Hbond substituents is 1. The number of nitrogens with zero attached hydrogens (tertiary/aromatic N) is 1. The highest BCUT2D eigenvalue weighted by atomic mass is 16.4. The van der Waals surface area contributed by atoms with Gasteiger partial charge in [0.1, 0.15) is 11.3 Å². The third kappa shape index (κ3) is 3.27. The Labute approximate surface area is 136 Å². The molecule has 0 amide bonds. The van der Waals surface area contributed by atoms with E-state index in [1.165, 1.54) is 25.3 Å². The first-order chi connectivity index (χ1) is 11.1. The van der Waals surface area contributed by atoms with Crippen molar-refractivity contribution in [3.63, 3.8) is 0 Å². The quantitative estimate of drug-likeness (QED) is 0.873. The van der Waals surface area contributed by atoms with Crippen LogP contribution in [0.25, 0.3) is 11.0 Å². The van der Waals surface area contributed by atoms with Gasteiger partial charge in [0.2, 0.25) is 0 Å². The molecule has 0 saturated carbocycles. The molecule has 4 nitrogen and oxygen atoms in total. The van der Waals surface area contributed by atoms with E-state index in [0.29, 0.717) is 11.0 Å². The average Bonchev–Trinajstić information content (AvgIpc) is 2.52. The summed E-state index contributed by atoms with van der Waals surface area (Å²) in [6, 6.07) is 3.42. The molecule has 2 heterocycles. The Bertz CT molecular complexity index is 757. The Morgan fingerprint density at radius 3 is 2.65 bits per heavy atom. The summed E-state index contributed by atoms with van der Waals surface area (Å²) in [4.78, 5) is 14.1. The molecular weight excluding hydrogens is 290 g/mol. The van der Waals surface area contributed by atoms with Crippen LogP contribution in [-0.2, 0) is 13.0 Å². The van der Waals surface area contributed by atoms with Crippen molar-refractivity contribution < 1.29 is 9.52 Å². The average molecular weight is 315 g/mol. The van der Waals surface area contributed by atoms with Gasteiger partial charge < -0.3 is 9.52 Å². The lowest BCUT2D eigenvalue weighted by molar-refractivity contribution is 0.218. The summed E-state index contributed by atoms with van der Waals surface area (Å²) in [6.45, 7) is 6.98. The number of aryl methyl sites for hydroxylation is 2. The van der Waals surface area contributed by atoms with Gasteiger partial charge in [0.15, 0.2) is 0 Å². The molecule has 0 unspecified atom stereocenters. The summed E-state index contributed by atoms with van der Waals surface area (Å²) in [5, 5.41) is 11.6. The summed E-state index contributed by atoms with van der Waals surface area (Å²) in [7, 11) is 0. The van der Waals surface area contributed by atoms with E-state index >= 15 is 0 Å². The molecule has 1 saturated heterocycles. The van der Waals surface area contributed by atoms with E-state index in [2.05, 4.69) is 11.8 Å². The highest BCUT2D eigenvalue weighted by molar-refractivity contribution is 5.88. The van der Waals surface area contributed by atoms with Crippen LogP contribution in [0.1, 0.15) is 49.3 Å². The van der Waals surface area contributed by atoms with Gasteiger partial charge >= 0.3 is 5.63 Å². The zero-order valence-corrected chi connectivity index (χ0v) is 14.0. The topological polar surface area (TPSA) is 53.7 Å². The van der Waals surface area contributed by atoms with Gasteiger partial charge in [-0.2, -0.15) is 0 Å². The molecule has 0 aliphatic carbocycles. The number of aromatic hydroxyl groups is 1. The second kappa shape index (κ2) is 6.75. The number of hydrogen-bond donors (Lipinski definition) is 1. The Morgan fingerprint density at radius 1 is 1.22 bits per heavy atom. The van der Waals surface area contributed by atoms with E-state index < -0.39 is 0 Å². The van der Waals surface area contributed by atoms with E-state index in [1.807, 2.05) is 13.0 Å². The van der Waals surface area contributed by atoms with E-state index in [-0.39, 0.29) is 11.4 Å². The van der Waals surface area contributed by atoms with Gasteiger partial charge in [-0.1, -0.05) is 19.8 Å². The lowest BCUT2D eigenvalue weighted by atomic mass is 9.98. The maximum atomic E-state index is 11.7. The second-order valence-electron chi connectivity index (χ2n) is 6.57. The minimum absolute atomic E-state index is 0.290. The normalized spacial score (nSPS) is 16.1. The second-order valence-corrected chi connectivity index (χ2v) is 6.57. The van der Waals surface area contributed by atoms with Gasteiger partial charge in [0.05, 0.1) is 5.39 Å². The molecule has 0 radical (unpaired) electrons. The third-order valence-corrected chi connectivity index (χ3v) is 4.77. The number of likely N-dealkylation sites (tertiary alicyclic amines) is 1. The van der Waals surface area contributed by atoms with Crippen molar-refractivity contribution in [2.24, 2.45) is 0 Å². The van der Waals surface area contributed by atoms with Crippen LogP contribution in [-0.4, -0.2) is 23.1 Å². The summed E-state index contributed by atoms with van der Waals surface area (Å²) in [6.07, 6.45) is 5.44. The smallest absolute Gasteiger partial charge is 0.336 e. The molecule has 1 aromatic heterocycles. The Morgan fingerprint density at radius 2 is 1.96 bits per heavy atom. The summed E-state index contributed by atoms with van der Waals surface area (Å²) >= 11 is 0. The van der Waals surface area contributed by atoms with Crippen LogP contribution >= 0.6 is 0 Å². The van der Waals surface area contributed by atoms with E-state index in [4.69, 9.17) is 4.42 Å². The molecule has 1 aromatic carbocycles. The first-order valence-corrected chi connectivity index (χ1v) is 8.60. The standard InChI is InChI=1S/C19H25NO3/c1-3-7-14-11-17(21)23-16-10-13(2)15(19(22)18(14)16)12-20-8-5-4-6-9-20/h10-11,22H,3-9,12H2,1-2H3. The minimum Gasteiger partial charge on any atom is -0.507 e. The lowest BCUT2D eigenvalue weighted by Crippen LogP contribution is -2.29. The van der Waals surface area contributed by atoms with Gasteiger partial charge in [0, 0.05) is 18.2 Å². The molecule has 0 spiro atoms. The van der Waals surface area contributed by atoms with Crippen molar-refractivity contribution in [1.29, 1.82) is 0 Å². The van der Waals surface area contributed by atoms with Gasteiger partial charge in [-0.05, 0) is 56.5 Å². The predicted octanol–water partition coefficient (Wildman–Crippen LogP) is 3.75. The van der Waals surface area contributed by atoms with Crippen molar-refractivity contribution in [2.45, 2.75) is 52.5 Å². The van der Waals surface area contributed by atoms with Gasteiger partial charge in [-0.25, -0.2) is 4.79 Å². The van der Waals surface area contributed by atoms with E-state index in [1.54, 1.807) is 0 Å². The molecule has 124 valence electrons. The van der Waals surface area contributed by atoms with Crippen LogP contribution in [0.2, 0.25) is 0 Å². The largest absolute Gasteiger partial charge is 0.507 e. The van der Waals surface area contributed by atoms with Crippen molar-refractivity contribution in [2.75, 3.05) is 13.1 Å². The van der Waals surface area contributed by atoms with Crippen LogP contribution in [0.4, 0.5) is 0 Å². The number of fused-ring (bicyclic) bond motifs is 1. The minimum atomic E-state index is -0.344. The molecule has 0 atom stereocenters. The van der Waals surface area contributed by atoms with Crippen LogP contribution < -0.4 is 5.63 Å². The van der Waals surface area contributed by atoms with Crippen molar-refractivity contribution in [3.8, 4) is 5.75 Å². The SMILES string of the molecule is CCCc1cc(=O)oc2cc(C)c(CN3CCCCC3)c(O)c12. The maximum Gasteiger partial charge on any atom is 0.336 e. The van der Waals surface area contributed by atoms with Crippen LogP contribution in [0.5, 0.6) is 5.75 Å². The molecule has 0 bridgehead atoms. The zero-order chi connectivity index (χ0) is 16.4. The Kier molecular flexibility index (Phi) is 4.71. The fourth-order valence-electron chi connectivity index (χ4n) is 3.56. The number of benzene rings is 1. The van der Waals surface area contributed by atoms with Gasteiger partial charge in [0.25, 0.3) is 0 Å². The first kappa shape index (κ1) is 16.1. The molecule has 23 heavy (non-hydrogen) atoms. The highest BCUT2D eigenvalue weighted by Gasteiger charge is 2.19. The fourth-order valence-corrected chi connectivity index (χ4v) is 3.56. The molecule has 4 heteroatoms. The molecule has 1 N–H and O–H groups in total. The monoisotopic (exact) mass is 315 g/mol. The lowest BCUT2D eigenvalue weighted by Gasteiger charge is -2.27. The molecule has 1 fully saturated rings. The van der Waals surface area contributed by atoms with Crippen LogP contribution in [0.15, 0.2) is 21.3 Å². The molecule has 1 aliphatic rings. The number of hydrogen-bond acceptors (Lipinski definition) is 4. The maximum absolute atomic E-state index is 11.7. The zero-order valence-electron chi connectivity index (χ0n) is 14.0. The summed E-state index contributed by atoms with van der Waals surface area (Å²) < 4.78 is 5.33. The Balaban J connectivity index is 2.09. The highest BCUT2D eigenvalue weighted by Crippen LogP contribution is 2.35. The van der Waals surface area contributed by atoms with Crippen LogP contribution in [0, 0.1) is 6.92 Å². The van der Waals surface area contributed by atoms with Crippen molar-refractivity contribution in [3.05, 3.63) is 39.2 Å². The molecule has 2 aromatic rings. The van der Waals surface area contributed by atoms with Crippen molar-refractivity contribution in [1.82, 2.24) is 4.90 Å². The molecule has 3 rings (SSSR count). The fraction of sp³-hybridized carbons (Fsp3) is 0.526. The number of piperidine rings is 1. The van der Waals surface area contributed by atoms with Crippen molar-refractivity contribution >= 4 is 11.0 Å². The molecular formula is C19H25NO3. The van der Waals surface area contributed by atoms with E-state index in [9.17, 15) is 9.90 Å². The molecule has 1 aliphatic heterocycles. The van der Waals surface area contributed by atoms with Crippen LogP contribution in [0.3, 0.4) is 0 Å². The summed E-state index contributed by atoms with van der Waals surface area (Å²) in [5.74, 6) is 0.290. The predicted molar refractivity (Wildman–Crippen MR) is 92.0 cm³/mol. The first-order valence-electron chi connectivity index (χ1n) is 8.60. The number of phenols is 1. The number of rotatable bonds is 4. The van der Waals surface area contributed by atoms with Gasteiger partial charge in [-0.15, -0.1) is 0 Å². The van der Waals surface area contributed by atoms with E-state index in [0.717, 1.165) is 49.2 Å². The Hall–Kier alpha value is -1.81.